The lowest BCUT2D eigenvalue weighted by Crippen LogP contribution is -2.55. The van der Waals surface area contributed by atoms with Crippen LogP contribution in [-0.2, 0) is 4.79 Å². The molecule has 2 N–H and O–H groups in total. The van der Waals surface area contributed by atoms with Crippen molar-refractivity contribution in [1.82, 2.24) is 10.2 Å². The standard InChI is InChI=1S/C13H22N2O3S/c1-9-4-2-6-15(11(9)12(16)17)13(18)14-8-10-5-3-7-19-10/h9-11H,2-8H2,1H3,(H,14,18)(H,16,17). The first-order chi connectivity index (χ1) is 9.09. The number of rotatable bonds is 3. The van der Waals surface area contributed by atoms with Gasteiger partial charge in [0, 0.05) is 18.3 Å². The van der Waals surface area contributed by atoms with Gasteiger partial charge >= 0.3 is 12.0 Å². The van der Waals surface area contributed by atoms with Gasteiger partial charge in [-0.1, -0.05) is 6.92 Å². The number of nitrogens with zero attached hydrogens (tertiary/aromatic N) is 1. The average Bonchev–Trinajstić information content (AvgIpc) is 2.88. The molecule has 2 heterocycles. The van der Waals surface area contributed by atoms with Gasteiger partial charge in [-0.2, -0.15) is 11.8 Å². The van der Waals surface area contributed by atoms with E-state index in [2.05, 4.69) is 5.32 Å². The molecule has 2 saturated heterocycles. The van der Waals surface area contributed by atoms with E-state index in [1.54, 1.807) is 0 Å². The summed E-state index contributed by atoms with van der Waals surface area (Å²) in [7, 11) is 0. The van der Waals surface area contributed by atoms with Crippen molar-refractivity contribution in [3.05, 3.63) is 0 Å². The van der Waals surface area contributed by atoms with E-state index in [9.17, 15) is 14.7 Å². The summed E-state index contributed by atoms with van der Waals surface area (Å²) < 4.78 is 0. The fourth-order valence-electron chi connectivity index (χ4n) is 2.90. The van der Waals surface area contributed by atoms with E-state index < -0.39 is 12.0 Å². The summed E-state index contributed by atoms with van der Waals surface area (Å²) in [4.78, 5) is 25.0. The van der Waals surface area contributed by atoms with Gasteiger partial charge in [0.1, 0.15) is 6.04 Å². The van der Waals surface area contributed by atoms with Crippen LogP contribution in [0.25, 0.3) is 0 Å². The van der Waals surface area contributed by atoms with Gasteiger partial charge in [0.25, 0.3) is 0 Å². The highest BCUT2D eigenvalue weighted by Gasteiger charge is 2.37. The number of hydrogen-bond donors (Lipinski definition) is 2. The summed E-state index contributed by atoms with van der Waals surface area (Å²) in [5.74, 6) is 0.300. The Morgan fingerprint density at radius 1 is 1.37 bits per heavy atom. The van der Waals surface area contributed by atoms with Crippen LogP contribution in [0.5, 0.6) is 0 Å². The summed E-state index contributed by atoms with van der Waals surface area (Å²) in [6, 6.07) is -0.892. The van der Waals surface area contributed by atoms with Crippen molar-refractivity contribution in [3.63, 3.8) is 0 Å². The molecule has 0 aliphatic carbocycles. The third-order valence-corrected chi connectivity index (χ3v) is 5.35. The van der Waals surface area contributed by atoms with Crippen LogP contribution in [-0.4, -0.2) is 52.1 Å². The maximum absolute atomic E-state index is 12.2. The van der Waals surface area contributed by atoms with Gasteiger partial charge in [0.2, 0.25) is 0 Å². The Kier molecular flexibility index (Phi) is 4.96. The summed E-state index contributed by atoms with van der Waals surface area (Å²) in [6.07, 6.45) is 4.11. The largest absolute Gasteiger partial charge is 0.480 e. The molecule has 0 spiro atoms. The van der Waals surface area contributed by atoms with Crippen molar-refractivity contribution in [3.8, 4) is 0 Å². The second-order valence-corrected chi connectivity index (χ2v) is 6.83. The number of carbonyl (C=O) groups is 2. The molecule has 3 unspecified atom stereocenters. The van der Waals surface area contributed by atoms with Crippen LogP contribution in [0.3, 0.4) is 0 Å². The molecule has 2 amide bonds. The third-order valence-electron chi connectivity index (χ3n) is 3.95. The molecule has 3 atom stereocenters. The second kappa shape index (κ2) is 6.50. The molecular formula is C13H22N2O3S. The minimum atomic E-state index is -0.891. The summed E-state index contributed by atoms with van der Waals surface area (Å²) in [6.45, 7) is 3.11. The number of urea groups is 1. The minimum Gasteiger partial charge on any atom is -0.480 e. The number of likely N-dealkylation sites (tertiary alicyclic amines) is 1. The smallest absolute Gasteiger partial charge is 0.326 e. The molecule has 2 fully saturated rings. The van der Waals surface area contributed by atoms with E-state index in [0.717, 1.165) is 19.3 Å². The normalized spacial score (nSPS) is 31.2. The number of nitrogens with one attached hydrogen (secondary N) is 1. The second-order valence-electron chi connectivity index (χ2n) is 5.42. The van der Waals surface area contributed by atoms with Crippen LogP contribution in [0.1, 0.15) is 32.6 Å². The Labute approximate surface area is 118 Å². The molecule has 2 rings (SSSR count). The molecular weight excluding hydrogens is 264 g/mol. The van der Waals surface area contributed by atoms with Gasteiger partial charge in [0.05, 0.1) is 0 Å². The van der Waals surface area contributed by atoms with Crippen molar-refractivity contribution in [2.75, 3.05) is 18.8 Å². The molecule has 108 valence electrons. The fourth-order valence-corrected chi connectivity index (χ4v) is 4.10. The van der Waals surface area contributed by atoms with Crippen molar-refractivity contribution in [2.45, 2.75) is 43.9 Å². The number of amides is 2. The Bertz CT molecular complexity index is 345. The third kappa shape index (κ3) is 3.55. The summed E-state index contributed by atoms with van der Waals surface area (Å²) >= 11 is 1.89. The lowest BCUT2D eigenvalue weighted by Gasteiger charge is -2.37. The molecule has 2 aliphatic heterocycles. The first-order valence-corrected chi connectivity index (χ1v) is 8.03. The van der Waals surface area contributed by atoms with Gasteiger partial charge in [0.15, 0.2) is 0 Å². The molecule has 6 heteroatoms. The highest BCUT2D eigenvalue weighted by atomic mass is 32.2. The van der Waals surface area contributed by atoms with Crippen LogP contribution in [0.15, 0.2) is 0 Å². The number of hydrogen-bond acceptors (Lipinski definition) is 3. The molecule has 0 saturated carbocycles. The van der Waals surface area contributed by atoms with Gasteiger partial charge in [-0.05, 0) is 37.4 Å². The van der Waals surface area contributed by atoms with Crippen LogP contribution < -0.4 is 5.32 Å². The quantitative estimate of drug-likeness (QED) is 0.829. The monoisotopic (exact) mass is 286 g/mol. The SMILES string of the molecule is CC1CCCN(C(=O)NCC2CCCS2)C1C(=O)O. The van der Waals surface area contributed by atoms with Crippen molar-refractivity contribution >= 4 is 23.8 Å². The lowest BCUT2D eigenvalue weighted by atomic mass is 9.91. The maximum atomic E-state index is 12.2. The molecule has 0 aromatic carbocycles. The van der Waals surface area contributed by atoms with Gasteiger partial charge in [-0.3, -0.25) is 0 Å². The Morgan fingerprint density at radius 3 is 2.79 bits per heavy atom. The maximum Gasteiger partial charge on any atom is 0.326 e. The van der Waals surface area contributed by atoms with Gasteiger partial charge in [-0.25, -0.2) is 9.59 Å². The van der Waals surface area contributed by atoms with Crippen molar-refractivity contribution < 1.29 is 14.7 Å². The van der Waals surface area contributed by atoms with E-state index in [0.29, 0.717) is 18.3 Å². The van der Waals surface area contributed by atoms with Crippen molar-refractivity contribution in [2.24, 2.45) is 5.92 Å². The van der Waals surface area contributed by atoms with E-state index in [1.165, 1.54) is 17.1 Å². The topological polar surface area (TPSA) is 69.6 Å². The van der Waals surface area contributed by atoms with Gasteiger partial charge < -0.3 is 15.3 Å². The molecule has 0 aromatic heterocycles. The molecule has 2 aliphatic rings. The fraction of sp³-hybridized carbons (Fsp3) is 0.846. The summed E-state index contributed by atoms with van der Waals surface area (Å²) in [5.41, 5.74) is 0. The minimum absolute atomic E-state index is 0.0258. The molecule has 19 heavy (non-hydrogen) atoms. The predicted molar refractivity (Wildman–Crippen MR) is 75.4 cm³/mol. The zero-order chi connectivity index (χ0) is 13.8. The predicted octanol–water partition coefficient (Wildman–Crippen LogP) is 1.78. The van der Waals surface area contributed by atoms with E-state index in [-0.39, 0.29) is 11.9 Å². The van der Waals surface area contributed by atoms with E-state index >= 15 is 0 Å². The first-order valence-electron chi connectivity index (χ1n) is 6.98. The van der Waals surface area contributed by atoms with E-state index in [4.69, 9.17) is 0 Å². The molecule has 5 nitrogen and oxygen atoms in total. The molecule has 0 bridgehead atoms. The van der Waals surface area contributed by atoms with Crippen LogP contribution in [0, 0.1) is 5.92 Å². The van der Waals surface area contributed by atoms with Crippen molar-refractivity contribution in [1.29, 1.82) is 0 Å². The number of piperidine rings is 1. The Balaban J connectivity index is 1.89. The van der Waals surface area contributed by atoms with Crippen LogP contribution >= 0.6 is 11.8 Å². The number of carboxylic acids is 1. The number of carboxylic acid groups (broad SMARTS) is 1. The highest BCUT2D eigenvalue weighted by molar-refractivity contribution is 8.00. The zero-order valence-corrected chi connectivity index (χ0v) is 12.1. The lowest BCUT2D eigenvalue weighted by molar-refractivity contribution is -0.145. The Hall–Kier alpha value is -0.910. The first kappa shape index (κ1) is 14.5. The number of carbonyl (C=O) groups excluding carboxylic acids is 1. The number of aliphatic carboxylic acids is 1. The van der Waals surface area contributed by atoms with Crippen LogP contribution in [0.2, 0.25) is 0 Å². The highest BCUT2D eigenvalue weighted by Crippen LogP contribution is 2.26. The Morgan fingerprint density at radius 2 is 2.16 bits per heavy atom. The van der Waals surface area contributed by atoms with Gasteiger partial charge in [-0.15, -0.1) is 0 Å². The average molecular weight is 286 g/mol. The van der Waals surface area contributed by atoms with Crippen LogP contribution in [0.4, 0.5) is 4.79 Å². The summed E-state index contributed by atoms with van der Waals surface area (Å²) in [5, 5.41) is 12.7. The number of thioether (sulfide) groups is 1. The molecule has 0 aromatic rings. The molecule has 0 radical (unpaired) electrons. The zero-order valence-electron chi connectivity index (χ0n) is 11.3. The van der Waals surface area contributed by atoms with E-state index in [1.807, 2.05) is 18.7 Å².